The van der Waals surface area contributed by atoms with Crippen LogP contribution in [0, 0.1) is 0 Å². The molecule has 7 nitrogen and oxygen atoms in total. The molecule has 0 radical (unpaired) electrons. The lowest BCUT2D eigenvalue weighted by Gasteiger charge is -2.11. The second-order valence-corrected chi connectivity index (χ2v) is 8.64. The Morgan fingerprint density at radius 1 is 1.03 bits per heavy atom. The Balaban J connectivity index is 1.42. The van der Waals surface area contributed by atoms with Gasteiger partial charge >= 0.3 is 0 Å². The van der Waals surface area contributed by atoms with Crippen molar-refractivity contribution < 1.29 is 13.7 Å². The quantitative estimate of drug-likeness (QED) is 0.426. The second kappa shape index (κ2) is 10.1. The number of carbonyl (C=O) groups is 1. The molecular formula is C24H24N4O3S. The van der Waals surface area contributed by atoms with E-state index in [0.717, 1.165) is 28.4 Å². The van der Waals surface area contributed by atoms with Gasteiger partial charge in [-0.15, -0.1) is 0 Å². The Bertz CT molecular complexity index is 1190. The van der Waals surface area contributed by atoms with E-state index in [1.807, 2.05) is 88.4 Å². The van der Waals surface area contributed by atoms with Crippen LogP contribution in [0.4, 0.5) is 0 Å². The highest BCUT2D eigenvalue weighted by atomic mass is 32.2. The van der Waals surface area contributed by atoms with Crippen molar-refractivity contribution in [1.82, 2.24) is 19.7 Å². The normalized spacial score (nSPS) is 11.8. The smallest absolute Gasteiger partial charge is 0.232 e. The molecule has 2 aromatic carbocycles. The summed E-state index contributed by atoms with van der Waals surface area (Å²) in [5.41, 5.74) is 2.67. The average molecular weight is 449 g/mol. The monoisotopic (exact) mass is 448 g/mol. The van der Waals surface area contributed by atoms with Gasteiger partial charge in [-0.3, -0.25) is 9.00 Å². The summed E-state index contributed by atoms with van der Waals surface area (Å²) in [5, 5.41) is 7.34. The SMILES string of the molecule is COc1ccc(CNC(=O)C[S@](=O)Cc2cnn(-c3ccccc3)c2-n2cccc2)cc1. The first kappa shape index (κ1) is 21.6. The second-order valence-electron chi connectivity index (χ2n) is 7.18. The number of aromatic nitrogens is 3. The Morgan fingerprint density at radius 2 is 1.75 bits per heavy atom. The van der Waals surface area contributed by atoms with Crippen LogP contribution < -0.4 is 10.1 Å². The number of nitrogens with zero attached hydrogens (tertiary/aromatic N) is 3. The lowest BCUT2D eigenvalue weighted by atomic mass is 10.2. The minimum atomic E-state index is -1.38. The van der Waals surface area contributed by atoms with Crippen LogP contribution in [0.15, 0.2) is 85.3 Å². The van der Waals surface area contributed by atoms with Gasteiger partial charge in [0.05, 0.1) is 24.7 Å². The van der Waals surface area contributed by atoms with Gasteiger partial charge in [-0.1, -0.05) is 30.3 Å². The topological polar surface area (TPSA) is 78.2 Å². The standard InChI is InChI=1S/C24H24N4O3S/c1-31-22-11-9-19(10-12-22)15-25-23(29)18-32(30)17-20-16-26-28(21-7-3-2-4-8-21)24(20)27-13-5-6-14-27/h2-14,16H,15,17-18H2,1H3,(H,25,29)/t32-/m1/s1. The van der Waals surface area contributed by atoms with Crippen molar-refractivity contribution in [3.8, 4) is 17.3 Å². The fourth-order valence-electron chi connectivity index (χ4n) is 3.35. The fourth-order valence-corrected chi connectivity index (χ4v) is 4.40. The molecule has 2 aromatic heterocycles. The van der Waals surface area contributed by atoms with Crippen molar-refractivity contribution >= 4 is 16.7 Å². The molecule has 0 bridgehead atoms. The zero-order valence-electron chi connectivity index (χ0n) is 17.7. The van der Waals surface area contributed by atoms with Crippen molar-refractivity contribution in [1.29, 1.82) is 0 Å². The summed E-state index contributed by atoms with van der Waals surface area (Å²) >= 11 is 0. The molecule has 0 fully saturated rings. The maximum absolute atomic E-state index is 12.8. The first-order valence-corrected chi connectivity index (χ1v) is 11.6. The highest BCUT2D eigenvalue weighted by molar-refractivity contribution is 7.84. The van der Waals surface area contributed by atoms with Gasteiger partial charge < -0.3 is 14.6 Å². The lowest BCUT2D eigenvalue weighted by molar-refractivity contribution is -0.118. The van der Waals surface area contributed by atoms with Gasteiger partial charge in [-0.25, -0.2) is 4.68 Å². The molecule has 1 N–H and O–H groups in total. The number of nitrogens with one attached hydrogen (secondary N) is 1. The third-order valence-electron chi connectivity index (χ3n) is 4.92. The van der Waals surface area contributed by atoms with Crippen molar-refractivity contribution in [2.45, 2.75) is 12.3 Å². The molecule has 1 atom stereocenters. The summed E-state index contributed by atoms with van der Waals surface area (Å²) in [7, 11) is 0.231. The zero-order valence-corrected chi connectivity index (χ0v) is 18.5. The van der Waals surface area contributed by atoms with E-state index in [4.69, 9.17) is 4.74 Å². The van der Waals surface area contributed by atoms with Crippen molar-refractivity contribution in [2.75, 3.05) is 12.9 Å². The number of carbonyl (C=O) groups excluding carboxylic acids is 1. The van der Waals surface area contributed by atoms with E-state index < -0.39 is 10.8 Å². The van der Waals surface area contributed by atoms with E-state index >= 15 is 0 Å². The molecule has 0 aliphatic rings. The summed E-state index contributed by atoms with van der Waals surface area (Å²) in [4.78, 5) is 12.3. The highest BCUT2D eigenvalue weighted by Gasteiger charge is 2.17. The molecular weight excluding hydrogens is 424 g/mol. The third kappa shape index (κ3) is 5.15. The number of ether oxygens (including phenoxy) is 1. The molecule has 164 valence electrons. The van der Waals surface area contributed by atoms with Crippen LogP contribution in [-0.4, -0.2) is 37.3 Å². The molecule has 0 aliphatic heterocycles. The van der Waals surface area contributed by atoms with Gasteiger partial charge in [0.2, 0.25) is 5.91 Å². The van der Waals surface area contributed by atoms with E-state index in [1.54, 1.807) is 13.3 Å². The van der Waals surface area contributed by atoms with Gasteiger partial charge in [0.25, 0.3) is 0 Å². The van der Waals surface area contributed by atoms with Crippen LogP contribution in [-0.2, 0) is 27.9 Å². The van der Waals surface area contributed by atoms with E-state index in [1.165, 1.54) is 0 Å². The van der Waals surface area contributed by atoms with Crippen molar-refractivity contribution in [2.24, 2.45) is 0 Å². The van der Waals surface area contributed by atoms with Crippen molar-refractivity contribution in [3.63, 3.8) is 0 Å². The first-order chi connectivity index (χ1) is 15.6. The van der Waals surface area contributed by atoms with Crippen LogP contribution in [0.1, 0.15) is 11.1 Å². The number of hydrogen-bond donors (Lipinski definition) is 1. The summed E-state index contributed by atoms with van der Waals surface area (Å²) in [6.07, 6.45) is 5.56. The molecule has 4 rings (SSSR count). The van der Waals surface area contributed by atoms with E-state index in [9.17, 15) is 9.00 Å². The predicted molar refractivity (Wildman–Crippen MR) is 124 cm³/mol. The molecule has 0 saturated carbocycles. The summed E-state index contributed by atoms with van der Waals surface area (Å²) in [5.74, 6) is 1.48. The fraction of sp³-hybridized carbons (Fsp3) is 0.167. The number of para-hydroxylation sites is 1. The minimum absolute atomic E-state index is 0.0716. The summed E-state index contributed by atoms with van der Waals surface area (Å²) < 4.78 is 21.7. The van der Waals surface area contributed by atoms with Crippen LogP contribution in [0.2, 0.25) is 0 Å². The lowest BCUT2D eigenvalue weighted by Crippen LogP contribution is -2.28. The maximum atomic E-state index is 12.8. The number of hydrogen-bond acceptors (Lipinski definition) is 4. The molecule has 0 spiro atoms. The van der Waals surface area contributed by atoms with Gasteiger partial charge in [0.1, 0.15) is 17.3 Å². The average Bonchev–Trinajstić information content (AvgIpc) is 3.48. The number of methoxy groups -OCH3 is 1. The molecule has 8 heteroatoms. The van der Waals surface area contributed by atoms with Gasteiger partial charge in [-0.2, -0.15) is 5.10 Å². The van der Waals surface area contributed by atoms with Crippen molar-refractivity contribution in [3.05, 3.63) is 96.4 Å². The number of benzene rings is 2. The van der Waals surface area contributed by atoms with Gasteiger partial charge in [0, 0.05) is 35.3 Å². The first-order valence-electron chi connectivity index (χ1n) is 10.1. The maximum Gasteiger partial charge on any atom is 0.232 e. The largest absolute Gasteiger partial charge is 0.497 e. The van der Waals surface area contributed by atoms with E-state index in [0.29, 0.717) is 6.54 Å². The summed E-state index contributed by atoms with van der Waals surface area (Å²) in [6, 6.07) is 21.1. The van der Waals surface area contributed by atoms with Crippen LogP contribution >= 0.6 is 0 Å². The minimum Gasteiger partial charge on any atom is -0.497 e. The molecule has 2 heterocycles. The molecule has 32 heavy (non-hydrogen) atoms. The highest BCUT2D eigenvalue weighted by Crippen LogP contribution is 2.21. The Morgan fingerprint density at radius 3 is 2.44 bits per heavy atom. The van der Waals surface area contributed by atoms with Gasteiger partial charge in [-0.05, 0) is 42.0 Å². The molecule has 1 amide bonds. The molecule has 0 aliphatic carbocycles. The molecule has 4 aromatic rings. The molecule has 0 saturated heterocycles. The van der Waals surface area contributed by atoms with E-state index in [-0.39, 0.29) is 17.4 Å². The Labute approximate surface area is 189 Å². The number of amides is 1. The van der Waals surface area contributed by atoms with Crippen LogP contribution in [0.25, 0.3) is 11.5 Å². The Kier molecular flexibility index (Phi) is 6.81. The summed E-state index contributed by atoms with van der Waals surface area (Å²) in [6.45, 7) is 0.376. The molecule has 0 unspecified atom stereocenters. The van der Waals surface area contributed by atoms with Crippen LogP contribution in [0.5, 0.6) is 5.75 Å². The predicted octanol–water partition coefficient (Wildman–Crippen LogP) is 3.24. The zero-order chi connectivity index (χ0) is 22.3. The van der Waals surface area contributed by atoms with E-state index in [2.05, 4.69) is 10.4 Å². The van der Waals surface area contributed by atoms with Gasteiger partial charge in [0.15, 0.2) is 0 Å². The van der Waals surface area contributed by atoms with Crippen LogP contribution in [0.3, 0.4) is 0 Å². The number of rotatable bonds is 9. The Hall–Kier alpha value is -3.65. The third-order valence-corrected chi connectivity index (χ3v) is 6.14.